The molecule has 2 amide bonds. The third kappa shape index (κ3) is 5.43. The van der Waals surface area contributed by atoms with E-state index in [9.17, 15) is 14.0 Å². The summed E-state index contributed by atoms with van der Waals surface area (Å²) in [6, 6.07) is 12.8. The van der Waals surface area contributed by atoms with Gasteiger partial charge in [-0.05, 0) is 36.4 Å². The summed E-state index contributed by atoms with van der Waals surface area (Å²) in [5, 5.41) is 5.33. The van der Waals surface area contributed by atoms with E-state index in [0.29, 0.717) is 11.4 Å². The van der Waals surface area contributed by atoms with E-state index in [1.54, 1.807) is 36.4 Å². The second-order valence-corrected chi connectivity index (χ2v) is 4.84. The van der Waals surface area contributed by atoms with Crippen LogP contribution in [0.3, 0.4) is 0 Å². The Labute approximate surface area is 133 Å². The van der Waals surface area contributed by atoms with E-state index in [0.717, 1.165) is 0 Å². The monoisotopic (exact) mass is 316 g/mol. The Morgan fingerprint density at radius 1 is 1.00 bits per heavy atom. The number of anilines is 2. The molecule has 5 nitrogen and oxygen atoms in total. The Kier molecular flexibility index (Phi) is 5.68. The van der Waals surface area contributed by atoms with Gasteiger partial charge in [0.05, 0.1) is 13.0 Å². The lowest BCUT2D eigenvalue weighted by Gasteiger charge is -2.08. The highest BCUT2D eigenvalue weighted by atomic mass is 19.1. The molecule has 0 atom stereocenters. The second kappa shape index (κ2) is 7.93. The van der Waals surface area contributed by atoms with Crippen molar-refractivity contribution >= 4 is 23.2 Å². The van der Waals surface area contributed by atoms with Crippen LogP contribution < -0.4 is 15.4 Å². The minimum Gasteiger partial charge on any atom is -0.490 e. The van der Waals surface area contributed by atoms with Gasteiger partial charge in [-0.3, -0.25) is 9.59 Å². The van der Waals surface area contributed by atoms with Crippen LogP contribution in [0.2, 0.25) is 0 Å². The van der Waals surface area contributed by atoms with Gasteiger partial charge in [-0.1, -0.05) is 12.1 Å². The molecule has 0 spiro atoms. The highest BCUT2D eigenvalue weighted by Crippen LogP contribution is 2.16. The van der Waals surface area contributed by atoms with E-state index in [4.69, 9.17) is 4.74 Å². The average Bonchev–Trinajstić information content (AvgIpc) is 2.51. The van der Waals surface area contributed by atoms with Crippen molar-refractivity contribution in [3.05, 3.63) is 54.3 Å². The Morgan fingerprint density at radius 2 is 1.61 bits per heavy atom. The van der Waals surface area contributed by atoms with Crippen LogP contribution in [-0.2, 0) is 9.59 Å². The predicted molar refractivity (Wildman–Crippen MR) is 85.9 cm³/mol. The van der Waals surface area contributed by atoms with Crippen molar-refractivity contribution in [2.75, 3.05) is 17.2 Å². The van der Waals surface area contributed by atoms with Gasteiger partial charge in [0.2, 0.25) is 11.8 Å². The summed E-state index contributed by atoms with van der Waals surface area (Å²) < 4.78 is 18.6. The van der Waals surface area contributed by atoms with E-state index < -0.39 is 5.82 Å². The normalized spacial score (nSPS) is 10.0. The van der Waals surface area contributed by atoms with E-state index >= 15 is 0 Å². The van der Waals surface area contributed by atoms with Gasteiger partial charge >= 0.3 is 0 Å². The number of ether oxygens (including phenoxy) is 1. The molecule has 0 aliphatic heterocycles. The highest BCUT2D eigenvalue weighted by molar-refractivity contribution is 5.92. The lowest BCUT2D eigenvalue weighted by molar-refractivity contribution is -0.116. The van der Waals surface area contributed by atoms with Crippen molar-refractivity contribution in [1.29, 1.82) is 0 Å². The van der Waals surface area contributed by atoms with Gasteiger partial charge in [-0.15, -0.1) is 0 Å². The van der Waals surface area contributed by atoms with Crippen LogP contribution in [0.1, 0.15) is 13.3 Å². The fourth-order valence-electron chi connectivity index (χ4n) is 1.88. The number of halogens is 1. The molecule has 2 N–H and O–H groups in total. The fourth-order valence-corrected chi connectivity index (χ4v) is 1.88. The first-order valence-electron chi connectivity index (χ1n) is 7.09. The molecule has 0 aromatic heterocycles. The number of benzene rings is 2. The lowest BCUT2D eigenvalue weighted by Crippen LogP contribution is -2.15. The second-order valence-electron chi connectivity index (χ2n) is 4.84. The maximum atomic E-state index is 13.3. The number of hydrogen-bond donors (Lipinski definition) is 2. The maximum absolute atomic E-state index is 13.3. The number of carbonyl (C=O) groups is 2. The number of amides is 2. The molecule has 0 radical (unpaired) electrons. The Morgan fingerprint density at radius 3 is 2.22 bits per heavy atom. The minimum atomic E-state index is -0.457. The smallest absolute Gasteiger partial charge is 0.227 e. The largest absolute Gasteiger partial charge is 0.490 e. The molecule has 0 saturated carbocycles. The third-order valence-electron chi connectivity index (χ3n) is 2.91. The average molecular weight is 316 g/mol. The Bertz CT molecular complexity index is 686. The fraction of sp³-hybridized carbons (Fsp3) is 0.176. The summed E-state index contributed by atoms with van der Waals surface area (Å²) in [7, 11) is 0. The first-order chi connectivity index (χ1) is 11.0. The molecular formula is C17H17FN2O3. The van der Waals surface area contributed by atoms with Crippen LogP contribution in [-0.4, -0.2) is 18.4 Å². The Hall–Kier alpha value is -2.89. The molecule has 0 bridgehead atoms. The topological polar surface area (TPSA) is 67.4 Å². The predicted octanol–water partition coefficient (Wildman–Crippen LogP) is 3.19. The molecule has 120 valence electrons. The molecule has 6 heteroatoms. The highest BCUT2D eigenvalue weighted by Gasteiger charge is 2.05. The quantitative estimate of drug-likeness (QED) is 0.860. The molecule has 0 aliphatic carbocycles. The summed E-state index contributed by atoms with van der Waals surface area (Å²) in [6.45, 7) is 1.50. The number of nitrogens with one attached hydrogen (secondary N) is 2. The molecule has 0 saturated heterocycles. The van der Waals surface area contributed by atoms with E-state index in [1.807, 2.05) is 0 Å². The van der Waals surface area contributed by atoms with Gasteiger partial charge < -0.3 is 15.4 Å². The van der Waals surface area contributed by atoms with Gasteiger partial charge in [0.15, 0.2) is 11.6 Å². The summed E-state index contributed by atoms with van der Waals surface area (Å²) >= 11 is 0. The number of rotatable bonds is 6. The third-order valence-corrected chi connectivity index (χ3v) is 2.91. The van der Waals surface area contributed by atoms with Crippen molar-refractivity contribution in [2.45, 2.75) is 13.3 Å². The molecule has 0 aliphatic rings. The number of carbonyl (C=O) groups excluding carboxylic acids is 2. The standard InChI is InChI=1S/C17H17FN2O3/c1-12(21)19-13-6-8-14(9-7-13)20-17(22)10-11-23-16-5-3-2-4-15(16)18/h2-9H,10-11H2,1H3,(H,19,21)(H,20,22). The van der Waals surface area contributed by atoms with Crippen LogP contribution in [0, 0.1) is 5.82 Å². The van der Waals surface area contributed by atoms with Crippen molar-refractivity contribution < 1.29 is 18.7 Å². The maximum Gasteiger partial charge on any atom is 0.227 e. The first-order valence-corrected chi connectivity index (χ1v) is 7.09. The van der Waals surface area contributed by atoms with Gasteiger partial charge in [0, 0.05) is 18.3 Å². The SMILES string of the molecule is CC(=O)Nc1ccc(NC(=O)CCOc2ccccc2F)cc1. The van der Waals surface area contributed by atoms with Crippen LogP contribution in [0.15, 0.2) is 48.5 Å². The molecule has 2 rings (SSSR count). The van der Waals surface area contributed by atoms with Crippen molar-refractivity contribution in [1.82, 2.24) is 0 Å². The first kappa shape index (κ1) is 16.5. The molecule has 2 aromatic rings. The molecule has 0 heterocycles. The van der Waals surface area contributed by atoms with Gasteiger partial charge in [-0.2, -0.15) is 0 Å². The van der Waals surface area contributed by atoms with E-state index in [2.05, 4.69) is 10.6 Å². The summed E-state index contributed by atoms with van der Waals surface area (Å²) in [5.74, 6) is -0.734. The zero-order valence-corrected chi connectivity index (χ0v) is 12.6. The zero-order valence-electron chi connectivity index (χ0n) is 12.6. The van der Waals surface area contributed by atoms with Gasteiger partial charge in [0.25, 0.3) is 0 Å². The van der Waals surface area contributed by atoms with Crippen LogP contribution in [0.4, 0.5) is 15.8 Å². The van der Waals surface area contributed by atoms with E-state index in [-0.39, 0.29) is 30.6 Å². The summed E-state index contributed by atoms with van der Waals surface area (Å²) in [4.78, 5) is 22.7. The molecule has 2 aromatic carbocycles. The molecule has 0 fully saturated rings. The zero-order chi connectivity index (χ0) is 16.7. The van der Waals surface area contributed by atoms with Crippen LogP contribution in [0.25, 0.3) is 0 Å². The number of para-hydroxylation sites is 1. The Balaban J connectivity index is 1.78. The van der Waals surface area contributed by atoms with Crippen LogP contribution in [0.5, 0.6) is 5.75 Å². The molecule has 23 heavy (non-hydrogen) atoms. The molecular weight excluding hydrogens is 299 g/mol. The van der Waals surface area contributed by atoms with Crippen LogP contribution >= 0.6 is 0 Å². The summed E-state index contributed by atoms with van der Waals surface area (Å²) in [6.07, 6.45) is 0.0990. The summed E-state index contributed by atoms with van der Waals surface area (Å²) in [5.41, 5.74) is 1.26. The van der Waals surface area contributed by atoms with E-state index in [1.165, 1.54) is 19.1 Å². The van der Waals surface area contributed by atoms with Gasteiger partial charge in [0.1, 0.15) is 0 Å². The molecule has 0 unspecified atom stereocenters. The van der Waals surface area contributed by atoms with Gasteiger partial charge in [-0.25, -0.2) is 4.39 Å². The van der Waals surface area contributed by atoms with Crippen molar-refractivity contribution in [2.24, 2.45) is 0 Å². The van der Waals surface area contributed by atoms with Crippen molar-refractivity contribution in [3.63, 3.8) is 0 Å². The van der Waals surface area contributed by atoms with Crippen molar-refractivity contribution in [3.8, 4) is 5.75 Å². The number of hydrogen-bond acceptors (Lipinski definition) is 3. The lowest BCUT2D eigenvalue weighted by atomic mass is 10.2. The minimum absolute atomic E-state index is 0.0801.